The fourth-order valence-corrected chi connectivity index (χ4v) is 2.46. The molecule has 0 aromatic heterocycles. The third-order valence-corrected chi connectivity index (χ3v) is 3.63. The minimum atomic E-state index is 0.262. The molecule has 2 N–H and O–H groups in total. The van der Waals surface area contributed by atoms with Gasteiger partial charge >= 0.3 is 0 Å². The highest BCUT2D eigenvalue weighted by atomic mass is 16.1. The minimum absolute atomic E-state index is 0.262. The Balaban J connectivity index is 1.43. The highest BCUT2D eigenvalue weighted by Gasteiger charge is 2.20. The van der Waals surface area contributed by atoms with E-state index in [1.807, 2.05) is 0 Å². The van der Waals surface area contributed by atoms with Crippen LogP contribution in [0.2, 0.25) is 0 Å². The fourth-order valence-electron chi connectivity index (χ4n) is 2.46. The molecule has 92 valence electrons. The summed E-state index contributed by atoms with van der Waals surface area (Å²) in [5, 5.41) is 6.48. The summed E-state index contributed by atoms with van der Waals surface area (Å²) in [6.45, 7) is 1.89. The van der Waals surface area contributed by atoms with Crippen molar-refractivity contribution in [2.45, 2.75) is 57.4 Å². The number of amides is 1. The van der Waals surface area contributed by atoms with E-state index in [0.29, 0.717) is 5.92 Å². The normalized spacial score (nSPS) is 21.2. The van der Waals surface area contributed by atoms with Crippen LogP contribution in [-0.2, 0) is 4.79 Å². The van der Waals surface area contributed by atoms with Crippen molar-refractivity contribution in [1.82, 2.24) is 10.6 Å². The van der Waals surface area contributed by atoms with E-state index >= 15 is 0 Å². The van der Waals surface area contributed by atoms with Crippen LogP contribution in [0.1, 0.15) is 51.4 Å². The third-order valence-electron chi connectivity index (χ3n) is 3.63. The van der Waals surface area contributed by atoms with Crippen molar-refractivity contribution in [2.75, 3.05) is 13.1 Å². The Bertz CT molecular complexity index is 220. The molecular weight excluding hydrogens is 200 g/mol. The van der Waals surface area contributed by atoms with Crippen LogP contribution >= 0.6 is 0 Å². The van der Waals surface area contributed by atoms with E-state index < -0.39 is 0 Å². The molecule has 3 heteroatoms. The second-order valence-electron chi connectivity index (χ2n) is 5.29. The van der Waals surface area contributed by atoms with Crippen molar-refractivity contribution in [2.24, 2.45) is 5.92 Å². The Morgan fingerprint density at radius 3 is 2.50 bits per heavy atom. The van der Waals surface area contributed by atoms with Crippen molar-refractivity contribution in [3.8, 4) is 0 Å². The molecule has 0 aliphatic heterocycles. The Morgan fingerprint density at radius 1 is 1.06 bits per heavy atom. The fraction of sp³-hybridized carbons (Fsp3) is 0.923. The van der Waals surface area contributed by atoms with Crippen LogP contribution in [0.25, 0.3) is 0 Å². The van der Waals surface area contributed by atoms with Gasteiger partial charge in [-0.15, -0.1) is 0 Å². The first-order chi connectivity index (χ1) is 7.84. The molecule has 0 unspecified atom stereocenters. The van der Waals surface area contributed by atoms with Crippen molar-refractivity contribution in [3.63, 3.8) is 0 Å². The second-order valence-corrected chi connectivity index (χ2v) is 5.29. The maximum Gasteiger partial charge on any atom is 0.220 e. The zero-order chi connectivity index (χ0) is 11.2. The predicted molar refractivity (Wildman–Crippen MR) is 65.2 cm³/mol. The Kier molecular flexibility index (Phi) is 4.64. The maximum absolute atomic E-state index is 11.6. The van der Waals surface area contributed by atoms with Gasteiger partial charge in [0.05, 0.1) is 0 Å². The van der Waals surface area contributed by atoms with Gasteiger partial charge in [0.15, 0.2) is 0 Å². The highest BCUT2D eigenvalue weighted by molar-refractivity contribution is 5.76. The third kappa shape index (κ3) is 4.52. The molecule has 3 nitrogen and oxygen atoms in total. The van der Waals surface area contributed by atoms with Gasteiger partial charge < -0.3 is 10.6 Å². The van der Waals surface area contributed by atoms with E-state index in [9.17, 15) is 4.79 Å². The van der Waals surface area contributed by atoms with Crippen LogP contribution < -0.4 is 10.6 Å². The monoisotopic (exact) mass is 224 g/mol. The van der Waals surface area contributed by atoms with Gasteiger partial charge in [0, 0.05) is 19.0 Å². The summed E-state index contributed by atoms with van der Waals surface area (Å²) < 4.78 is 0. The van der Waals surface area contributed by atoms with E-state index in [2.05, 4.69) is 10.6 Å². The highest BCUT2D eigenvalue weighted by Crippen LogP contribution is 2.27. The lowest BCUT2D eigenvalue weighted by molar-refractivity contribution is -0.121. The molecule has 2 rings (SSSR count). The Labute approximate surface area is 98.4 Å². The van der Waals surface area contributed by atoms with Crippen molar-refractivity contribution < 1.29 is 4.79 Å². The van der Waals surface area contributed by atoms with Crippen LogP contribution in [0.15, 0.2) is 0 Å². The summed E-state index contributed by atoms with van der Waals surface area (Å²) in [4.78, 5) is 11.6. The molecule has 2 aliphatic rings. The number of carbonyl (C=O) groups excluding carboxylic acids is 1. The Hall–Kier alpha value is -0.570. The average Bonchev–Trinajstić information content (AvgIpc) is 2.95. The van der Waals surface area contributed by atoms with Gasteiger partial charge in [-0.1, -0.05) is 12.8 Å². The molecule has 0 saturated heterocycles. The zero-order valence-corrected chi connectivity index (χ0v) is 10.1. The number of nitrogens with one attached hydrogen (secondary N) is 2. The molecule has 2 saturated carbocycles. The summed E-state index contributed by atoms with van der Waals surface area (Å²) in [7, 11) is 0. The predicted octanol–water partition coefficient (Wildman–Crippen LogP) is 1.82. The van der Waals surface area contributed by atoms with Crippen LogP contribution in [0.4, 0.5) is 0 Å². The summed E-state index contributed by atoms with van der Waals surface area (Å²) in [6.07, 6.45) is 9.67. The van der Waals surface area contributed by atoms with Crippen LogP contribution in [-0.4, -0.2) is 25.0 Å². The molecule has 2 fully saturated rings. The van der Waals surface area contributed by atoms with Gasteiger partial charge in [-0.2, -0.15) is 0 Å². The Morgan fingerprint density at radius 2 is 1.81 bits per heavy atom. The van der Waals surface area contributed by atoms with Crippen molar-refractivity contribution >= 4 is 5.91 Å². The number of carbonyl (C=O) groups is 1. The topological polar surface area (TPSA) is 41.1 Å². The van der Waals surface area contributed by atoms with E-state index in [1.54, 1.807) is 0 Å². The molecule has 2 aliphatic carbocycles. The quantitative estimate of drug-likeness (QED) is 0.648. The molecule has 0 heterocycles. The molecule has 0 spiro atoms. The summed E-state index contributed by atoms with van der Waals surface area (Å²) in [6, 6.07) is 0.786. The van der Waals surface area contributed by atoms with Crippen molar-refractivity contribution in [3.05, 3.63) is 0 Å². The molecule has 0 aromatic rings. The van der Waals surface area contributed by atoms with Gasteiger partial charge in [0.25, 0.3) is 0 Å². The average molecular weight is 224 g/mol. The lowest BCUT2D eigenvalue weighted by Gasteiger charge is -2.09. The summed E-state index contributed by atoms with van der Waals surface area (Å²) in [5.41, 5.74) is 0. The van der Waals surface area contributed by atoms with E-state index in [4.69, 9.17) is 0 Å². The number of hydrogen-bond acceptors (Lipinski definition) is 2. The summed E-state index contributed by atoms with van der Waals surface area (Å²) in [5.74, 6) is 0.933. The van der Waals surface area contributed by atoms with E-state index in [0.717, 1.165) is 32.0 Å². The first kappa shape index (κ1) is 11.9. The molecule has 1 amide bonds. The minimum Gasteiger partial charge on any atom is -0.356 e. The van der Waals surface area contributed by atoms with Gasteiger partial charge in [0.2, 0.25) is 5.91 Å². The lowest BCUT2D eigenvalue weighted by Crippen LogP contribution is -2.28. The van der Waals surface area contributed by atoms with E-state index in [1.165, 1.54) is 38.5 Å². The molecule has 16 heavy (non-hydrogen) atoms. The first-order valence-electron chi connectivity index (χ1n) is 6.84. The van der Waals surface area contributed by atoms with Crippen molar-refractivity contribution in [1.29, 1.82) is 0 Å². The van der Waals surface area contributed by atoms with Crippen LogP contribution in [0, 0.1) is 5.92 Å². The van der Waals surface area contributed by atoms with Crippen LogP contribution in [0.5, 0.6) is 0 Å². The second kappa shape index (κ2) is 6.24. The SMILES string of the molecule is O=C(CC1CCCC1)NCCCNC1CC1. The van der Waals surface area contributed by atoms with E-state index in [-0.39, 0.29) is 5.91 Å². The largest absolute Gasteiger partial charge is 0.356 e. The van der Waals surface area contributed by atoms with Gasteiger partial charge in [0.1, 0.15) is 0 Å². The molecule has 0 bridgehead atoms. The molecule has 0 radical (unpaired) electrons. The zero-order valence-electron chi connectivity index (χ0n) is 10.1. The lowest BCUT2D eigenvalue weighted by atomic mass is 10.0. The number of rotatable bonds is 7. The van der Waals surface area contributed by atoms with Gasteiger partial charge in [-0.3, -0.25) is 4.79 Å². The van der Waals surface area contributed by atoms with Gasteiger partial charge in [-0.05, 0) is 44.6 Å². The number of hydrogen-bond donors (Lipinski definition) is 2. The standard InChI is InChI=1S/C13H24N2O/c16-13(10-11-4-1-2-5-11)15-9-3-8-14-12-6-7-12/h11-12,14H,1-10H2,(H,15,16). The molecular formula is C13H24N2O. The first-order valence-corrected chi connectivity index (χ1v) is 6.84. The maximum atomic E-state index is 11.6. The molecule has 0 atom stereocenters. The smallest absolute Gasteiger partial charge is 0.220 e. The van der Waals surface area contributed by atoms with Gasteiger partial charge in [-0.25, -0.2) is 0 Å². The summed E-state index contributed by atoms with van der Waals surface area (Å²) >= 11 is 0. The van der Waals surface area contributed by atoms with Crippen LogP contribution in [0.3, 0.4) is 0 Å². The molecule has 0 aromatic carbocycles.